The van der Waals surface area contributed by atoms with Crippen molar-refractivity contribution in [2.45, 2.75) is 6.92 Å². The second-order valence-electron chi connectivity index (χ2n) is 1.97. The van der Waals surface area contributed by atoms with Crippen molar-refractivity contribution in [3.63, 3.8) is 0 Å². The normalized spacial score (nSPS) is 9.18. The molecule has 58 valence electrons. The third-order valence-electron chi connectivity index (χ3n) is 1.18. The van der Waals surface area contributed by atoms with Crippen LogP contribution in [-0.4, -0.2) is 16.8 Å². The van der Waals surface area contributed by atoms with Gasteiger partial charge in [0, 0.05) is 6.20 Å². The van der Waals surface area contributed by atoms with Gasteiger partial charge in [-0.15, -0.1) is 5.10 Å². The van der Waals surface area contributed by atoms with E-state index in [4.69, 9.17) is 4.74 Å². The lowest BCUT2D eigenvalue weighted by Crippen LogP contribution is -1.93. The second kappa shape index (κ2) is 3.71. The maximum Gasteiger partial charge on any atom is 0.139 e. The summed E-state index contributed by atoms with van der Waals surface area (Å²) in [5.41, 5.74) is 0.689. The van der Waals surface area contributed by atoms with E-state index in [0.29, 0.717) is 18.1 Å². The third-order valence-corrected chi connectivity index (χ3v) is 1.18. The Hall–Kier alpha value is -1.38. The van der Waals surface area contributed by atoms with Gasteiger partial charge in [-0.05, 0) is 19.1 Å². The molecule has 0 N–H and O–H groups in total. The van der Waals surface area contributed by atoms with E-state index in [0.717, 1.165) is 0 Å². The number of rotatable bonds is 3. The predicted molar refractivity (Wildman–Crippen MR) is 42.7 cm³/mol. The van der Waals surface area contributed by atoms with Crippen molar-refractivity contribution in [1.29, 1.82) is 0 Å². The van der Waals surface area contributed by atoms with Crippen LogP contribution < -0.4 is 0 Å². The van der Waals surface area contributed by atoms with Crippen molar-refractivity contribution >= 4 is 5.76 Å². The van der Waals surface area contributed by atoms with Crippen molar-refractivity contribution in [2.24, 2.45) is 0 Å². The van der Waals surface area contributed by atoms with Gasteiger partial charge >= 0.3 is 0 Å². The van der Waals surface area contributed by atoms with Crippen LogP contribution in [-0.2, 0) is 4.74 Å². The first kappa shape index (κ1) is 7.72. The highest BCUT2D eigenvalue weighted by atomic mass is 16.5. The Morgan fingerprint density at radius 1 is 1.73 bits per heavy atom. The monoisotopic (exact) mass is 150 g/mol. The smallest absolute Gasteiger partial charge is 0.139 e. The van der Waals surface area contributed by atoms with Crippen LogP contribution in [0.15, 0.2) is 24.9 Å². The van der Waals surface area contributed by atoms with Crippen LogP contribution in [0.25, 0.3) is 5.76 Å². The Balaban J connectivity index is 2.69. The Morgan fingerprint density at radius 3 is 3.09 bits per heavy atom. The second-order valence-corrected chi connectivity index (χ2v) is 1.97. The summed E-state index contributed by atoms with van der Waals surface area (Å²) in [6.07, 6.45) is 1.61. The van der Waals surface area contributed by atoms with Gasteiger partial charge in [0.2, 0.25) is 0 Å². The van der Waals surface area contributed by atoms with Crippen molar-refractivity contribution in [1.82, 2.24) is 10.2 Å². The molecule has 0 saturated carbocycles. The highest BCUT2D eigenvalue weighted by molar-refractivity contribution is 5.52. The molecule has 11 heavy (non-hydrogen) atoms. The fraction of sp³-hybridized carbons (Fsp3) is 0.250. The molecular weight excluding hydrogens is 140 g/mol. The topological polar surface area (TPSA) is 35.0 Å². The van der Waals surface area contributed by atoms with Crippen LogP contribution >= 0.6 is 0 Å². The number of ether oxygens (including phenoxy) is 1. The zero-order valence-electron chi connectivity index (χ0n) is 6.45. The maximum absolute atomic E-state index is 5.13. The van der Waals surface area contributed by atoms with Crippen LogP contribution in [0.5, 0.6) is 0 Å². The molecule has 0 bridgehead atoms. The summed E-state index contributed by atoms with van der Waals surface area (Å²) in [4.78, 5) is 0. The molecule has 1 aromatic heterocycles. The quantitative estimate of drug-likeness (QED) is 0.612. The average Bonchev–Trinajstić information content (AvgIpc) is 2.07. The molecule has 0 aromatic carbocycles. The molecule has 3 nitrogen and oxygen atoms in total. The molecule has 1 rings (SSSR count). The molecule has 0 aliphatic carbocycles. The number of hydrogen-bond donors (Lipinski definition) is 0. The van der Waals surface area contributed by atoms with E-state index in [-0.39, 0.29) is 0 Å². The molecule has 0 saturated heterocycles. The summed E-state index contributed by atoms with van der Waals surface area (Å²) in [7, 11) is 0. The van der Waals surface area contributed by atoms with Gasteiger partial charge in [0.1, 0.15) is 11.5 Å². The molecule has 0 atom stereocenters. The fourth-order valence-corrected chi connectivity index (χ4v) is 0.698. The summed E-state index contributed by atoms with van der Waals surface area (Å²) in [6.45, 7) is 6.20. The van der Waals surface area contributed by atoms with E-state index >= 15 is 0 Å². The minimum Gasteiger partial charge on any atom is -0.492 e. The number of hydrogen-bond acceptors (Lipinski definition) is 3. The van der Waals surface area contributed by atoms with Gasteiger partial charge in [0.15, 0.2) is 0 Å². The molecule has 1 heterocycles. The molecule has 0 amide bonds. The van der Waals surface area contributed by atoms with Gasteiger partial charge in [-0.25, -0.2) is 0 Å². The highest BCUT2D eigenvalue weighted by Gasteiger charge is 1.97. The Kier molecular flexibility index (Phi) is 2.60. The zero-order valence-corrected chi connectivity index (χ0v) is 6.45. The Morgan fingerprint density at radius 2 is 2.55 bits per heavy atom. The van der Waals surface area contributed by atoms with Gasteiger partial charge in [-0.1, -0.05) is 6.58 Å². The van der Waals surface area contributed by atoms with Crippen LogP contribution in [0, 0.1) is 0 Å². The first-order chi connectivity index (χ1) is 5.34. The SMILES string of the molecule is C=C(OCC)c1cccnn1. The van der Waals surface area contributed by atoms with E-state index in [1.807, 2.05) is 13.0 Å². The van der Waals surface area contributed by atoms with Crippen molar-refractivity contribution in [2.75, 3.05) is 6.61 Å². The molecule has 0 unspecified atom stereocenters. The zero-order chi connectivity index (χ0) is 8.10. The minimum atomic E-state index is 0.570. The maximum atomic E-state index is 5.13. The summed E-state index contributed by atoms with van der Waals surface area (Å²) in [6, 6.07) is 3.61. The molecular formula is C8H10N2O. The Bertz CT molecular complexity index is 233. The van der Waals surface area contributed by atoms with Crippen molar-refractivity contribution < 1.29 is 4.74 Å². The largest absolute Gasteiger partial charge is 0.492 e. The standard InChI is InChI=1S/C8H10N2O/c1-3-11-7(2)8-5-4-6-9-10-8/h4-6H,2-3H2,1H3. The third kappa shape index (κ3) is 2.04. The minimum absolute atomic E-state index is 0.570. The summed E-state index contributed by atoms with van der Waals surface area (Å²) >= 11 is 0. The first-order valence-electron chi connectivity index (χ1n) is 3.44. The van der Waals surface area contributed by atoms with Gasteiger partial charge < -0.3 is 4.74 Å². The Labute approximate surface area is 65.7 Å². The highest BCUT2D eigenvalue weighted by Crippen LogP contribution is 2.07. The molecule has 0 fully saturated rings. The summed E-state index contributed by atoms with van der Waals surface area (Å²) in [5.74, 6) is 0.570. The average molecular weight is 150 g/mol. The van der Waals surface area contributed by atoms with Crippen LogP contribution in [0.1, 0.15) is 12.6 Å². The summed E-state index contributed by atoms with van der Waals surface area (Å²) in [5, 5.41) is 7.52. The molecule has 0 radical (unpaired) electrons. The number of nitrogens with zero attached hydrogens (tertiary/aromatic N) is 2. The van der Waals surface area contributed by atoms with E-state index in [2.05, 4.69) is 16.8 Å². The predicted octanol–water partition coefficient (Wildman–Crippen LogP) is 1.48. The molecule has 0 aliphatic rings. The van der Waals surface area contributed by atoms with E-state index in [9.17, 15) is 0 Å². The van der Waals surface area contributed by atoms with E-state index in [1.54, 1.807) is 12.3 Å². The van der Waals surface area contributed by atoms with Gasteiger partial charge in [-0.3, -0.25) is 0 Å². The first-order valence-corrected chi connectivity index (χ1v) is 3.44. The van der Waals surface area contributed by atoms with Crippen LogP contribution in [0.2, 0.25) is 0 Å². The fourth-order valence-electron chi connectivity index (χ4n) is 0.698. The van der Waals surface area contributed by atoms with Gasteiger partial charge in [0.25, 0.3) is 0 Å². The van der Waals surface area contributed by atoms with Crippen LogP contribution in [0.4, 0.5) is 0 Å². The lowest BCUT2D eigenvalue weighted by Gasteiger charge is -2.03. The lowest BCUT2D eigenvalue weighted by atomic mass is 10.3. The van der Waals surface area contributed by atoms with E-state index < -0.39 is 0 Å². The van der Waals surface area contributed by atoms with Crippen LogP contribution in [0.3, 0.4) is 0 Å². The van der Waals surface area contributed by atoms with Crippen molar-refractivity contribution in [3.8, 4) is 0 Å². The summed E-state index contributed by atoms with van der Waals surface area (Å²) < 4.78 is 5.13. The molecule has 3 heteroatoms. The molecule has 1 aromatic rings. The molecule has 0 spiro atoms. The van der Waals surface area contributed by atoms with Gasteiger partial charge in [-0.2, -0.15) is 5.10 Å². The van der Waals surface area contributed by atoms with Gasteiger partial charge in [0.05, 0.1) is 6.61 Å². The van der Waals surface area contributed by atoms with E-state index in [1.165, 1.54) is 0 Å². The molecule has 0 aliphatic heterocycles. The number of aromatic nitrogens is 2. The van der Waals surface area contributed by atoms with Crippen molar-refractivity contribution in [3.05, 3.63) is 30.6 Å². The lowest BCUT2D eigenvalue weighted by molar-refractivity contribution is 0.297.